The van der Waals surface area contributed by atoms with Crippen LogP contribution in [0, 0.1) is 0 Å². The van der Waals surface area contributed by atoms with E-state index < -0.39 is 0 Å². The zero-order valence-corrected chi connectivity index (χ0v) is 12.1. The van der Waals surface area contributed by atoms with Crippen LogP contribution in [0.25, 0.3) is 22.5 Å². The van der Waals surface area contributed by atoms with Crippen LogP contribution in [0.3, 0.4) is 0 Å². The van der Waals surface area contributed by atoms with Gasteiger partial charge in [0, 0.05) is 23.4 Å². The van der Waals surface area contributed by atoms with Crippen LogP contribution in [0.15, 0.2) is 34.7 Å². The predicted octanol–water partition coefficient (Wildman–Crippen LogP) is 4.22. The summed E-state index contributed by atoms with van der Waals surface area (Å²) in [7, 11) is 0. The van der Waals surface area contributed by atoms with Crippen LogP contribution in [0.1, 0.15) is 39.1 Å². The molecule has 0 aliphatic carbocycles. The Morgan fingerprint density at radius 1 is 1.20 bits per heavy atom. The Bertz CT molecular complexity index is 724. The van der Waals surface area contributed by atoms with E-state index in [9.17, 15) is 0 Å². The van der Waals surface area contributed by atoms with E-state index in [1.165, 1.54) is 10.9 Å². The van der Waals surface area contributed by atoms with Gasteiger partial charge in [-0.05, 0) is 32.4 Å². The van der Waals surface area contributed by atoms with Crippen molar-refractivity contribution >= 4 is 10.9 Å². The van der Waals surface area contributed by atoms with Crippen LogP contribution in [-0.2, 0) is 6.42 Å². The molecule has 1 aromatic carbocycles. The number of hydrogen-bond acceptors (Lipinski definition) is 3. The van der Waals surface area contributed by atoms with Gasteiger partial charge in [-0.25, -0.2) is 0 Å². The lowest BCUT2D eigenvalue weighted by molar-refractivity contribution is 0.494. The molecule has 0 radical (unpaired) electrons. The fraction of sp³-hybridized carbons (Fsp3) is 0.375. The average molecular weight is 269 g/mol. The minimum absolute atomic E-state index is 0.339. The second-order valence-electron chi connectivity index (χ2n) is 5.30. The molecule has 4 nitrogen and oxygen atoms in total. The number of aryl methyl sites for hydroxylation is 1. The van der Waals surface area contributed by atoms with Crippen molar-refractivity contribution in [1.29, 1.82) is 0 Å². The van der Waals surface area contributed by atoms with Crippen LogP contribution in [0.5, 0.6) is 0 Å². The monoisotopic (exact) mass is 269 g/mol. The lowest BCUT2D eigenvalue weighted by atomic mass is 10.2. The molecule has 4 heteroatoms. The topological polar surface area (TPSA) is 43.9 Å². The molecule has 0 aliphatic heterocycles. The SMILES string of the molecule is CCCc1nnc(-c2cc3ccccc3n2C(C)C)o1. The Morgan fingerprint density at radius 3 is 2.75 bits per heavy atom. The summed E-state index contributed by atoms with van der Waals surface area (Å²) in [6.07, 6.45) is 1.84. The minimum atomic E-state index is 0.339. The van der Waals surface area contributed by atoms with Gasteiger partial charge in [0.15, 0.2) is 0 Å². The van der Waals surface area contributed by atoms with Gasteiger partial charge in [0.05, 0.1) is 0 Å². The van der Waals surface area contributed by atoms with E-state index in [0.29, 0.717) is 17.8 Å². The van der Waals surface area contributed by atoms with Gasteiger partial charge in [-0.3, -0.25) is 0 Å². The largest absolute Gasteiger partial charge is 0.419 e. The van der Waals surface area contributed by atoms with E-state index in [1.807, 2.05) is 6.07 Å². The van der Waals surface area contributed by atoms with Gasteiger partial charge in [-0.2, -0.15) is 0 Å². The van der Waals surface area contributed by atoms with Crippen molar-refractivity contribution in [1.82, 2.24) is 14.8 Å². The summed E-state index contributed by atoms with van der Waals surface area (Å²) in [4.78, 5) is 0. The van der Waals surface area contributed by atoms with Gasteiger partial charge in [0.2, 0.25) is 5.89 Å². The van der Waals surface area contributed by atoms with Crippen LogP contribution in [0.2, 0.25) is 0 Å². The summed E-state index contributed by atoms with van der Waals surface area (Å²) in [5.41, 5.74) is 2.20. The zero-order valence-electron chi connectivity index (χ0n) is 12.1. The van der Waals surface area contributed by atoms with Crippen LogP contribution in [0.4, 0.5) is 0 Å². The van der Waals surface area contributed by atoms with Gasteiger partial charge in [0.25, 0.3) is 5.89 Å². The molecule has 104 valence electrons. The summed E-state index contributed by atoms with van der Waals surface area (Å²) in [6.45, 7) is 6.44. The first-order valence-corrected chi connectivity index (χ1v) is 7.13. The highest BCUT2D eigenvalue weighted by Gasteiger charge is 2.17. The molecule has 2 aromatic heterocycles. The maximum Gasteiger partial charge on any atom is 0.264 e. The Balaban J connectivity index is 2.16. The van der Waals surface area contributed by atoms with E-state index in [2.05, 4.69) is 59.8 Å². The molecule has 3 rings (SSSR count). The molecule has 0 unspecified atom stereocenters. The molecule has 3 aromatic rings. The molecule has 0 amide bonds. The highest BCUT2D eigenvalue weighted by atomic mass is 16.4. The van der Waals surface area contributed by atoms with Crippen molar-refractivity contribution in [3.8, 4) is 11.6 Å². The second-order valence-corrected chi connectivity index (χ2v) is 5.30. The molecule has 0 atom stereocenters. The first kappa shape index (κ1) is 12.9. The predicted molar refractivity (Wildman–Crippen MR) is 79.6 cm³/mol. The Morgan fingerprint density at radius 2 is 2.00 bits per heavy atom. The Hall–Kier alpha value is -2.10. The van der Waals surface area contributed by atoms with E-state index in [0.717, 1.165) is 18.5 Å². The summed E-state index contributed by atoms with van der Waals surface area (Å²) in [5.74, 6) is 1.32. The maximum absolute atomic E-state index is 5.79. The lowest BCUT2D eigenvalue weighted by Gasteiger charge is -2.12. The third-order valence-electron chi connectivity index (χ3n) is 3.41. The smallest absolute Gasteiger partial charge is 0.264 e. The standard InChI is InChI=1S/C16H19N3O/c1-4-7-15-17-18-16(20-15)14-10-12-8-5-6-9-13(12)19(14)11(2)3/h5-6,8-11H,4,7H2,1-3H3. The first-order chi connectivity index (χ1) is 9.70. The third-order valence-corrected chi connectivity index (χ3v) is 3.41. The van der Waals surface area contributed by atoms with E-state index in [1.54, 1.807) is 0 Å². The van der Waals surface area contributed by atoms with Gasteiger partial charge in [0.1, 0.15) is 5.69 Å². The molecular weight excluding hydrogens is 250 g/mol. The summed E-state index contributed by atoms with van der Waals surface area (Å²) >= 11 is 0. The third kappa shape index (κ3) is 2.11. The van der Waals surface area contributed by atoms with Crippen molar-refractivity contribution in [3.05, 3.63) is 36.2 Å². The number of rotatable bonds is 4. The van der Waals surface area contributed by atoms with Crippen LogP contribution in [-0.4, -0.2) is 14.8 Å². The molecule has 2 heterocycles. The molecule has 0 bridgehead atoms. The van der Waals surface area contributed by atoms with Crippen LogP contribution < -0.4 is 0 Å². The van der Waals surface area contributed by atoms with Gasteiger partial charge < -0.3 is 8.98 Å². The van der Waals surface area contributed by atoms with E-state index >= 15 is 0 Å². The molecule has 0 spiro atoms. The van der Waals surface area contributed by atoms with Gasteiger partial charge in [-0.15, -0.1) is 10.2 Å². The number of fused-ring (bicyclic) bond motifs is 1. The zero-order chi connectivity index (χ0) is 14.1. The van der Waals surface area contributed by atoms with E-state index in [-0.39, 0.29) is 0 Å². The van der Waals surface area contributed by atoms with Gasteiger partial charge >= 0.3 is 0 Å². The van der Waals surface area contributed by atoms with Crippen molar-refractivity contribution in [3.63, 3.8) is 0 Å². The lowest BCUT2D eigenvalue weighted by Crippen LogP contribution is -2.02. The quantitative estimate of drug-likeness (QED) is 0.712. The minimum Gasteiger partial charge on any atom is -0.419 e. The maximum atomic E-state index is 5.79. The molecule has 0 saturated carbocycles. The molecule has 0 aliphatic rings. The summed E-state index contributed by atoms with van der Waals surface area (Å²) in [5, 5.41) is 9.53. The van der Waals surface area contributed by atoms with Crippen LogP contribution >= 0.6 is 0 Å². The number of hydrogen-bond donors (Lipinski definition) is 0. The van der Waals surface area contributed by atoms with Crippen molar-refractivity contribution < 1.29 is 4.42 Å². The number of para-hydroxylation sites is 1. The average Bonchev–Trinajstić information content (AvgIpc) is 3.02. The summed E-state index contributed by atoms with van der Waals surface area (Å²) in [6, 6.07) is 10.8. The Kier molecular flexibility index (Phi) is 3.30. The normalized spacial score (nSPS) is 11.6. The number of nitrogens with zero attached hydrogens (tertiary/aromatic N) is 3. The fourth-order valence-electron chi connectivity index (χ4n) is 2.57. The molecule has 0 saturated heterocycles. The molecule has 0 fully saturated rings. The Labute approximate surface area is 118 Å². The number of benzene rings is 1. The second kappa shape index (κ2) is 5.12. The van der Waals surface area contributed by atoms with Crippen molar-refractivity contribution in [2.45, 2.75) is 39.7 Å². The first-order valence-electron chi connectivity index (χ1n) is 7.13. The highest BCUT2D eigenvalue weighted by molar-refractivity contribution is 5.85. The summed E-state index contributed by atoms with van der Waals surface area (Å²) < 4.78 is 8.04. The molecule has 20 heavy (non-hydrogen) atoms. The van der Waals surface area contributed by atoms with Crippen molar-refractivity contribution in [2.24, 2.45) is 0 Å². The van der Waals surface area contributed by atoms with E-state index in [4.69, 9.17) is 4.42 Å². The van der Waals surface area contributed by atoms with Gasteiger partial charge in [-0.1, -0.05) is 25.1 Å². The fourth-order valence-corrected chi connectivity index (χ4v) is 2.57. The van der Waals surface area contributed by atoms with Crippen molar-refractivity contribution in [2.75, 3.05) is 0 Å². The highest BCUT2D eigenvalue weighted by Crippen LogP contribution is 2.30. The molecule has 0 N–H and O–H groups in total. The number of aromatic nitrogens is 3. The molecular formula is C16H19N3O.